The second-order valence-corrected chi connectivity index (χ2v) is 6.00. The number of anilines is 2. The highest BCUT2D eigenvalue weighted by Gasteiger charge is 2.23. The van der Waals surface area contributed by atoms with Crippen LogP contribution in [0.4, 0.5) is 11.4 Å². The van der Waals surface area contributed by atoms with Crippen molar-refractivity contribution in [3.8, 4) is 0 Å². The van der Waals surface area contributed by atoms with Gasteiger partial charge in [0.25, 0.3) is 5.78 Å². The van der Waals surface area contributed by atoms with Crippen LogP contribution >= 0.6 is 0 Å². The molecule has 0 unspecified atom stereocenters. The van der Waals surface area contributed by atoms with Crippen molar-refractivity contribution >= 4 is 28.7 Å². The fraction of sp³-hybridized carbons (Fsp3) is 0.0833. The highest BCUT2D eigenvalue weighted by Crippen LogP contribution is 2.28. The van der Waals surface area contributed by atoms with Gasteiger partial charge in [-0.2, -0.15) is 0 Å². The topological polar surface area (TPSA) is 46.6 Å². The van der Waals surface area contributed by atoms with Crippen LogP contribution in [-0.2, 0) is 14.3 Å². The Bertz CT molecular complexity index is 911. The van der Waals surface area contributed by atoms with E-state index in [4.69, 9.17) is 4.74 Å². The molecule has 0 aliphatic rings. The predicted octanol–water partition coefficient (Wildman–Crippen LogP) is 5.00. The predicted molar refractivity (Wildman–Crippen MR) is 111 cm³/mol. The van der Waals surface area contributed by atoms with Crippen LogP contribution in [0.25, 0.3) is 5.57 Å². The maximum absolute atomic E-state index is 12.9. The molecular weight excluding hydrogens is 350 g/mol. The zero-order valence-corrected chi connectivity index (χ0v) is 15.6. The summed E-state index contributed by atoms with van der Waals surface area (Å²) in [6.07, 6.45) is 1.69. The van der Waals surface area contributed by atoms with Gasteiger partial charge in [0.15, 0.2) is 0 Å². The van der Waals surface area contributed by atoms with Crippen LogP contribution in [0.5, 0.6) is 0 Å². The summed E-state index contributed by atoms with van der Waals surface area (Å²) in [5.41, 5.74) is 2.67. The normalized spacial score (nSPS) is 11.0. The fourth-order valence-corrected chi connectivity index (χ4v) is 2.79. The highest BCUT2D eigenvalue weighted by atomic mass is 16.5. The molecule has 4 heteroatoms. The van der Waals surface area contributed by atoms with Gasteiger partial charge in [-0.15, -0.1) is 0 Å². The lowest BCUT2D eigenvalue weighted by atomic mass is 10.0. The Balaban J connectivity index is 2.14. The molecule has 0 N–H and O–H groups in total. The van der Waals surface area contributed by atoms with Gasteiger partial charge in [0.2, 0.25) is 0 Å². The molecule has 0 heterocycles. The first-order chi connectivity index (χ1) is 13.7. The van der Waals surface area contributed by atoms with Crippen molar-refractivity contribution in [1.82, 2.24) is 0 Å². The van der Waals surface area contributed by atoms with Gasteiger partial charge < -0.3 is 9.64 Å². The number of carbonyl (C=O) groups is 2. The van der Waals surface area contributed by atoms with Gasteiger partial charge in [0.05, 0.1) is 12.2 Å². The third-order valence-electron chi connectivity index (χ3n) is 4.12. The first-order valence-electron chi connectivity index (χ1n) is 9.08. The molecule has 0 aliphatic carbocycles. The van der Waals surface area contributed by atoms with Crippen LogP contribution in [0, 0.1) is 0 Å². The molecule has 3 aromatic carbocycles. The van der Waals surface area contributed by atoms with Crippen molar-refractivity contribution in [3.63, 3.8) is 0 Å². The molecule has 3 aromatic rings. The molecule has 140 valence electrons. The third kappa shape index (κ3) is 4.54. The average molecular weight is 371 g/mol. The minimum Gasteiger partial charge on any atom is -0.460 e. The first kappa shape index (κ1) is 19.1. The Morgan fingerprint density at radius 2 is 1.25 bits per heavy atom. The molecule has 0 spiro atoms. The van der Waals surface area contributed by atoms with E-state index in [0.717, 1.165) is 11.4 Å². The number of benzene rings is 3. The SMILES string of the molecule is CCOC(=O)C(=O)/C(=C/N(c1ccccc1)c1ccccc1)c1ccccc1. The molecule has 3 rings (SSSR count). The Morgan fingerprint density at radius 3 is 1.71 bits per heavy atom. The average Bonchev–Trinajstić information content (AvgIpc) is 2.76. The van der Waals surface area contributed by atoms with Crippen molar-refractivity contribution in [2.24, 2.45) is 0 Å². The zero-order chi connectivity index (χ0) is 19.8. The Hall–Kier alpha value is -3.66. The summed E-state index contributed by atoms with van der Waals surface area (Å²) in [4.78, 5) is 26.9. The van der Waals surface area contributed by atoms with E-state index in [1.165, 1.54) is 0 Å². The number of esters is 1. The van der Waals surface area contributed by atoms with Crippen LogP contribution in [0.15, 0.2) is 97.2 Å². The number of ketones is 1. The summed E-state index contributed by atoms with van der Waals surface area (Å²) in [6, 6.07) is 28.5. The largest absolute Gasteiger partial charge is 0.460 e. The smallest absolute Gasteiger partial charge is 0.379 e. The maximum Gasteiger partial charge on any atom is 0.379 e. The second-order valence-electron chi connectivity index (χ2n) is 6.00. The molecule has 0 amide bonds. The second kappa shape index (κ2) is 9.33. The van der Waals surface area contributed by atoms with E-state index in [2.05, 4.69) is 0 Å². The van der Waals surface area contributed by atoms with Crippen molar-refractivity contribution in [2.75, 3.05) is 11.5 Å². The summed E-state index contributed by atoms with van der Waals surface area (Å²) in [5, 5.41) is 0. The van der Waals surface area contributed by atoms with Gasteiger partial charge >= 0.3 is 5.97 Å². The molecule has 0 bridgehead atoms. The third-order valence-corrected chi connectivity index (χ3v) is 4.12. The number of para-hydroxylation sites is 2. The number of Topliss-reactive ketones (excluding diaryl/α,β-unsaturated/α-hetero) is 1. The minimum absolute atomic E-state index is 0.147. The number of carbonyl (C=O) groups excluding carboxylic acids is 2. The van der Waals surface area contributed by atoms with Gasteiger partial charge in [-0.05, 0) is 36.8 Å². The monoisotopic (exact) mass is 371 g/mol. The number of rotatable bonds is 7. The molecule has 0 saturated heterocycles. The van der Waals surface area contributed by atoms with Gasteiger partial charge in [0.1, 0.15) is 0 Å². The Labute approximate surface area is 164 Å². The van der Waals surface area contributed by atoms with E-state index in [9.17, 15) is 9.59 Å². The van der Waals surface area contributed by atoms with Crippen LogP contribution in [0.2, 0.25) is 0 Å². The van der Waals surface area contributed by atoms with Gasteiger partial charge in [-0.1, -0.05) is 66.7 Å². The van der Waals surface area contributed by atoms with Crippen LogP contribution in [0.3, 0.4) is 0 Å². The van der Waals surface area contributed by atoms with Crippen LogP contribution in [0.1, 0.15) is 12.5 Å². The molecule has 4 nitrogen and oxygen atoms in total. The van der Waals surface area contributed by atoms with Crippen molar-refractivity contribution < 1.29 is 14.3 Å². The number of hydrogen-bond acceptors (Lipinski definition) is 4. The Kier molecular flexibility index (Phi) is 6.37. The quantitative estimate of drug-likeness (QED) is 0.333. The van der Waals surface area contributed by atoms with Gasteiger partial charge in [-0.3, -0.25) is 4.79 Å². The van der Waals surface area contributed by atoms with E-state index in [-0.39, 0.29) is 12.2 Å². The standard InChI is InChI=1S/C24H21NO3/c1-2-28-24(27)23(26)22(19-12-6-3-7-13-19)18-25(20-14-8-4-9-15-20)21-16-10-5-11-17-21/h3-18H,2H2,1H3/b22-18+. The molecule has 0 aromatic heterocycles. The summed E-state index contributed by atoms with van der Waals surface area (Å²) in [6.45, 7) is 1.82. The minimum atomic E-state index is -0.862. The lowest BCUT2D eigenvalue weighted by molar-refractivity contribution is -0.150. The maximum atomic E-state index is 12.9. The summed E-state index contributed by atoms with van der Waals surface area (Å²) < 4.78 is 4.95. The molecule has 0 fully saturated rings. The molecule has 0 atom stereocenters. The highest BCUT2D eigenvalue weighted by molar-refractivity contribution is 6.51. The first-order valence-corrected chi connectivity index (χ1v) is 9.08. The van der Waals surface area contributed by atoms with Gasteiger partial charge in [-0.25, -0.2) is 4.79 Å². The van der Waals surface area contributed by atoms with E-state index < -0.39 is 11.8 Å². The summed E-state index contributed by atoms with van der Waals surface area (Å²) in [5.74, 6) is -1.54. The molecule has 28 heavy (non-hydrogen) atoms. The molecular formula is C24H21NO3. The van der Waals surface area contributed by atoms with E-state index in [1.807, 2.05) is 83.8 Å². The fourth-order valence-electron chi connectivity index (χ4n) is 2.79. The molecule has 0 radical (unpaired) electrons. The molecule has 0 aliphatic heterocycles. The van der Waals surface area contributed by atoms with E-state index in [0.29, 0.717) is 5.56 Å². The van der Waals surface area contributed by atoms with Gasteiger partial charge in [0, 0.05) is 17.6 Å². The number of nitrogens with zero attached hydrogens (tertiary/aromatic N) is 1. The zero-order valence-electron chi connectivity index (χ0n) is 15.6. The van der Waals surface area contributed by atoms with E-state index >= 15 is 0 Å². The summed E-state index contributed by atoms with van der Waals surface area (Å²) >= 11 is 0. The number of ether oxygens (including phenoxy) is 1. The van der Waals surface area contributed by atoms with Crippen LogP contribution < -0.4 is 4.90 Å². The summed E-state index contributed by atoms with van der Waals surface area (Å²) in [7, 11) is 0. The lowest BCUT2D eigenvalue weighted by Crippen LogP contribution is -2.21. The number of hydrogen-bond donors (Lipinski definition) is 0. The lowest BCUT2D eigenvalue weighted by Gasteiger charge is -2.22. The van der Waals surface area contributed by atoms with E-state index in [1.54, 1.807) is 25.3 Å². The van der Waals surface area contributed by atoms with Crippen molar-refractivity contribution in [2.45, 2.75) is 6.92 Å². The molecule has 0 saturated carbocycles. The van der Waals surface area contributed by atoms with Crippen molar-refractivity contribution in [3.05, 3.63) is 103 Å². The van der Waals surface area contributed by atoms with Crippen molar-refractivity contribution in [1.29, 1.82) is 0 Å². The Morgan fingerprint density at radius 1 is 0.786 bits per heavy atom. The van der Waals surface area contributed by atoms with Crippen LogP contribution in [-0.4, -0.2) is 18.4 Å².